The summed E-state index contributed by atoms with van der Waals surface area (Å²) in [5.41, 5.74) is 3.93. The second kappa shape index (κ2) is 7.99. The van der Waals surface area contributed by atoms with Crippen LogP contribution < -0.4 is 5.32 Å². The normalized spacial score (nSPS) is 13.9. The lowest BCUT2D eigenvalue weighted by atomic mass is 10.00. The van der Waals surface area contributed by atoms with Crippen LogP contribution >= 0.6 is 0 Å². The maximum atomic E-state index is 3.74. The summed E-state index contributed by atoms with van der Waals surface area (Å²) in [6.07, 6.45) is 3.69. The first kappa shape index (κ1) is 15.8. The third-order valence-corrected chi connectivity index (χ3v) is 4.13. The molecule has 1 N–H and O–H groups in total. The van der Waals surface area contributed by atoms with Crippen LogP contribution in [0.3, 0.4) is 0 Å². The van der Waals surface area contributed by atoms with Gasteiger partial charge in [-0.1, -0.05) is 74.9 Å². The molecule has 2 unspecified atom stereocenters. The van der Waals surface area contributed by atoms with Gasteiger partial charge >= 0.3 is 0 Å². The van der Waals surface area contributed by atoms with Gasteiger partial charge in [0.25, 0.3) is 0 Å². The standard InChI is InChI=1S/C20H27N/c1-4-9-20(5-2)21-16(3)17-12-14-19(15-13-17)18-10-7-6-8-11-18/h6-8,10-16,20-21H,4-5,9H2,1-3H3. The Kier molecular flexibility index (Phi) is 6.01. The molecule has 0 aliphatic heterocycles. The van der Waals surface area contributed by atoms with Crippen LogP contribution in [0.1, 0.15) is 51.6 Å². The molecule has 0 aliphatic rings. The van der Waals surface area contributed by atoms with E-state index in [4.69, 9.17) is 0 Å². The molecule has 2 aromatic rings. The highest BCUT2D eigenvalue weighted by molar-refractivity contribution is 5.63. The van der Waals surface area contributed by atoms with Crippen LogP contribution in [0.15, 0.2) is 54.6 Å². The predicted molar refractivity (Wildman–Crippen MR) is 92.4 cm³/mol. The summed E-state index contributed by atoms with van der Waals surface area (Å²) in [7, 11) is 0. The van der Waals surface area contributed by atoms with Crippen LogP contribution in [0.4, 0.5) is 0 Å². The fraction of sp³-hybridized carbons (Fsp3) is 0.400. The Morgan fingerprint density at radius 1 is 0.857 bits per heavy atom. The molecular weight excluding hydrogens is 254 g/mol. The van der Waals surface area contributed by atoms with Gasteiger partial charge in [0.05, 0.1) is 0 Å². The molecule has 2 rings (SSSR count). The highest BCUT2D eigenvalue weighted by atomic mass is 14.9. The van der Waals surface area contributed by atoms with Crippen LogP contribution in [0.5, 0.6) is 0 Å². The monoisotopic (exact) mass is 281 g/mol. The lowest BCUT2D eigenvalue weighted by Gasteiger charge is -2.22. The van der Waals surface area contributed by atoms with Crippen molar-refractivity contribution < 1.29 is 0 Å². The SMILES string of the molecule is CCCC(CC)NC(C)c1ccc(-c2ccccc2)cc1. The zero-order chi connectivity index (χ0) is 15.1. The summed E-state index contributed by atoms with van der Waals surface area (Å²) >= 11 is 0. The summed E-state index contributed by atoms with van der Waals surface area (Å²) in [5.74, 6) is 0. The molecule has 0 saturated carbocycles. The van der Waals surface area contributed by atoms with Gasteiger partial charge in [-0.25, -0.2) is 0 Å². The van der Waals surface area contributed by atoms with Crippen molar-refractivity contribution in [3.63, 3.8) is 0 Å². The Hall–Kier alpha value is -1.60. The molecule has 0 amide bonds. The molecule has 0 aliphatic carbocycles. The highest BCUT2D eigenvalue weighted by Crippen LogP contribution is 2.22. The third kappa shape index (κ3) is 4.44. The number of rotatable bonds is 7. The maximum Gasteiger partial charge on any atom is 0.0294 e. The molecule has 1 heteroatoms. The van der Waals surface area contributed by atoms with E-state index in [1.165, 1.54) is 36.0 Å². The van der Waals surface area contributed by atoms with Gasteiger partial charge in [-0.3, -0.25) is 0 Å². The Morgan fingerprint density at radius 2 is 1.48 bits per heavy atom. The minimum atomic E-state index is 0.409. The average molecular weight is 281 g/mol. The van der Waals surface area contributed by atoms with Crippen molar-refractivity contribution in [3.05, 3.63) is 60.2 Å². The Labute approximate surface area is 129 Å². The van der Waals surface area contributed by atoms with Crippen molar-refractivity contribution >= 4 is 0 Å². The molecule has 1 nitrogen and oxygen atoms in total. The van der Waals surface area contributed by atoms with E-state index in [0.29, 0.717) is 12.1 Å². The lowest BCUT2D eigenvalue weighted by Crippen LogP contribution is -2.30. The van der Waals surface area contributed by atoms with Crippen LogP contribution in [-0.4, -0.2) is 6.04 Å². The molecule has 2 aromatic carbocycles. The minimum absolute atomic E-state index is 0.409. The van der Waals surface area contributed by atoms with E-state index in [9.17, 15) is 0 Å². The van der Waals surface area contributed by atoms with E-state index < -0.39 is 0 Å². The van der Waals surface area contributed by atoms with Gasteiger partial charge in [-0.05, 0) is 36.5 Å². The summed E-state index contributed by atoms with van der Waals surface area (Å²) < 4.78 is 0. The Morgan fingerprint density at radius 3 is 2.05 bits per heavy atom. The van der Waals surface area contributed by atoms with Crippen molar-refractivity contribution in [2.75, 3.05) is 0 Å². The van der Waals surface area contributed by atoms with Gasteiger partial charge in [0.1, 0.15) is 0 Å². The molecule has 0 aromatic heterocycles. The molecule has 0 fully saturated rings. The smallest absolute Gasteiger partial charge is 0.0294 e. The second-order valence-electron chi connectivity index (χ2n) is 5.77. The van der Waals surface area contributed by atoms with Gasteiger partial charge in [-0.2, -0.15) is 0 Å². The van der Waals surface area contributed by atoms with Gasteiger partial charge in [0.2, 0.25) is 0 Å². The van der Waals surface area contributed by atoms with Crippen LogP contribution in [0.25, 0.3) is 11.1 Å². The first-order valence-corrected chi connectivity index (χ1v) is 8.16. The molecule has 2 atom stereocenters. The van der Waals surface area contributed by atoms with Crippen molar-refractivity contribution in [2.24, 2.45) is 0 Å². The zero-order valence-electron chi connectivity index (χ0n) is 13.5. The maximum absolute atomic E-state index is 3.74. The van der Waals surface area contributed by atoms with Crippen molar-refractivity contribution in [2.45, 2.75) is 52.1 Å². The van der Waals surface area contributed by atoms with Crippen LogP contribution in [0.2, 0.25) is 0 Å². The summed E-state index contributed by atoms with van der Waals surface area (Å²) in [5, 5.41) is 3.74. The molecular formula is C20H27N. The zero-order valence-corrected chi connectivity index (χ0v) is 13.5. The summed E-state index contributed by atoms with van der Waals surface area (Å²) in [4.78, 5) is 0. The lowest BCUT2D eigenvalue weighted by molar-refractivity contribution is 0.417. The van der Waals surface area contributed by atoms with Gasteiger partial charge in [0.15, 0.2) is 0 Å². The molecule has 112 valence electrons. The first-order valence-electron chi connectivity index (χ1n) is 8.16. The molecule has 0 saturated heterocycles. The minimum Gasteiger partial charge on any atom is -0.307 e. The fourth-order valence-electron chi connectivity index (χ4n) is 2.80. The number of hydrogen-bond donors (Lipinski definition) is 1. The summed E-state index contributed by atoms with van der Waals surface area (Å²) in [6.45, 7) is 6.78. The summed E-state index contributed by atoms with van der Waals surface area (Å²) in [6, 6.07) is 20.5. The average Bonchev–Trinajstić information content (AvgIpc) is 2.55. The Bertz CT molecular complexity index is 515. The van der Waals surface area contributed by atoms with Crippen molar-refractivity contribution in [1.82, 2.24) is 5.32 Å². The molecule has 21 heavy (non-hydrogen) atoms. The number of benzene rings is 2. The van der Waals surface area contributed by atoms with E-state index in [1.54, 1.807) is 0 Å². The van der Waals surface area contributed by atoms with Crippen LogP contribution in [0, 0.1) is 0 Å². The largest absolute Gasteiger partial charge is 0.307 e. The van der Waals surface area contributed by atoms with Gasteiger partial charge in [0, 0.05) is 12.1 Å². The second-order valence-corrected chi connectivity index (χ2v) is 5.77. The first-order chi connectivity index (χ1) is 10.2. The molecule has 0 bridgehead atoms. The van der Waals surface area contributed by atoms with E-state index in [2.05, 4.69) is 80.7 Å². The van der Waals surface area contributed by atoms with Crippen molar-refractivity contribution in [1.29, 1.82) is 0 Å². The van der Waals surface area contributed by atoms with E-state index in [1.807, 2.05) is 0 Å². The van der Waals surface area contributed by atoms with Gasteiger partial charge < -0.3 is 5.32 Å². The van der Waals surface area contributed by atoms with E-state index in [-0.39, 0.29) is 0 Å². The predicted octanol–water partition coefficient (Wildman–Crippen LogP) is 5.58. The topological polar surface area (TPSA) is 12.0 Å². The fourth-order valence-corrected chi connectivity index (χ4v) is 2.80. The Balaban J connectivity index is 2.04. The molecule has 0 radical (unpaired) electrons. The third-order valence-electron chi connectivity index (χ3n) is 4.13. The quantitative estimate of drug-likeness (QED) is 0.698. The highest BCUT2D eigenvalue weighted by Gasteiger charge is 2.11. The number of hydrogen-bond acceptors (Lipinski definition) is 1. The van der Waals surface area contributed by atoms with Crippen LogP contribution in [-0.2, 0) is 0 Å². The van der Waals surface area contributed by atoms with Crippen molar-refractivity contribution in [3.8, 4) is 11.1 Å². The molecule has 0 heterocycles. The van der Waals surface area contributed by atoms with E-state index in [0.717, 1.165) is 0 Å². The van der Waals surface area contributed by atoms with Gasteiger partial charge in [-0.15, -0.1) is 0 Å². The van der Waals surface area contributed by atoms with E-state index >= 15 is 0 Å². The number of nitrogens with one attached hydrogen (secondary N) is 1. The molecule has 0 spiro atoms.